The first-order chi connectivity index (χ1) is 10.2. The van der Waals surface area contributed by atoms with Crippen LogP contribution in [0, 0.1) is 0 Å². The van der Waals surface area contributed by atoms with E-state index in [0.29, 0.717) is 11.0 Å². The lowest BCUT2D eigenvalue weighted by atomic mass is 10.2. The molecule has 0 unspecified atom stereocenters. The molecule has 6 heteroatoms. The van der Waals surface area contributed by atoms with E-state index in [0.717, 1.165) is 22.6 Å². The lowest BCUT2D eigenvalue weighted by Gasteiger charge is -2.05. The number of rotatable bonds is 3. The zero-order valence-electron chi connectivity index (χ0n) is 11.6. The number of methoxy groups -OCH3 is 1. The fourth-order valence-corrected chi connectivity index (χ4v) is 2.17. The number of aryl methyl sites for hydroxylation is 1. The summed E-state index contributed by atoms with van der Waals surface area (Å²) in [6.07, 6.45) is 3.63. The van der Waals surface area contributed by atoms with E-state index < -0.39 is 0 Å². The van der Waals surface area contributed by atoms with Gasteiger partial charge in [0, 0.05) is 30.4 Å². The van der Waals surface area contributed by atoms with E-state index in [1.807, 2.05) is 37.5 Å². The molecule has 5 nitrogen and oxygen atoms in total. The van der Waals surface area contributed by atoms with Crippen molar-refractivity contribution in [2.45, 2.75) is 0 Å². The van der Waals surface area contributed by atoms with E-state index in [-0.39, 0.29) is 0 Å². The predicted molar refractivity (Wildman–Crippen MR) is 81.2 cm³/mol. The maximum absolute atomic E-state index is 6.11. The van der Waals surface area contributed by atoms with Crippen molar-refractivity contribution in [2.24, 2.45) is 7.05 Å². The van der Waals surface area contributed by atoms with Gasteiger partial charge in [0.2, 0.25) is 0 Å². The zero-order valence-corrected chi connectivity index (χ0v) is 12.4. The van der Waals surface area contributed by atoms with Gasteiger partial charge in [0.25, 0.3) is 0 Å². The number of benzene rings is 1. The van der Waals surface area contributed by atoms with E-state index >= 15 is 0 Å². The molecule has 2 aromatic heterocycles. The summed E-state index contributed by atoms with van der Waals surface area (Å²) in [7, 11) is 3.49. The van der Waals surface area contributed by atoms with E-state index in [4.69, 9.17) is 16.3 Å². The lowest BCUT2D eigenvalue weighted by molar-refractivity contribution is 0.415. The summed E-state index contributed by atoms with van der Waals surface area (Å²) in [6.45, 7) is 0. The summed E-state index contributed by atoms with van der Waals surface area (Å²) >= 11 is 6.11. The average Bonchev–Trinajstić information content (AvgIpc) is 2.93. The van der Waals surface area contributed by atoms with Gasteiger partial charge in [-0.25, -0.2) is 9.97 Å². The van der Waals surface area contributed by atoms with Crippen molar-refractivity contribution in [1.82, 2.24) is 19.7 Å². The van der Waals surface area contributed by atoms with E-state index in [2.05, 4.69) is 15.1 Å². The zero-order chi connectivity index (χ0) is 14.8. The number of nitrogens with zero attached hydrogens (tertiary/aromatic N) is 4. The average molecular weight is 301 g/mol. The Balaban J connectivity index is 2.04. The maximum Gasteiger partial charge on any atom is 0.161 e. The molecule has 0 saturated heterocycles. The molecule has 0 amide bonds. The second kappa shape index (κ2) is 5.54. The third-order valence-corrected chi connectivity index (χ3v) is 3.24. The summed E-state index contributed by atoms with van der Waals surface area (Å²) in [5.41, 5.74) is 2.52. The summed E-state index contributed by atoms with van der Waals surface area (Å²) in [6, 6.07) is 9.26. The molecular formula is C15H13ClN4O. The molecule has 0 fully saturated rings. The molecule has 0 radical (unpaired) electrons. The highest BCUT2D eigenvalue weighted by Crippen LogP contribution is 2.25. The first-order valence-corrected chi connectivity index (χ1v) is 6.71. The van der Waals surface area contributed by atoms with Crippen molar-refractivity contribution in [2.75, 3.05) is 7.11 Å². The Morgan fingerprint density at radius 1 is 1.10 bits per heavy atom. The summed E-state index contributed by atoms with van der Waals surface area (Å²) in [5.74, 6) is 1.36. The Bertz CT molecular complexity index is 768. The fraction of sp³-hybridized carbons (Fsp3) is 0.133. The number of hydrogen-bond acceptors (Lipinski definition) is 4. The van der Waals surface area contributed by atoms with Crippen molar-refractivity contribution in [3.8, 4) is 28.4 Å². The van der Waals surface area contributed by atoms with Crippen LogP contribution in [0.5, 0.6) is 5.75 Å². The molecule has 106 valence electrons. The molecule has 1 aromatic carbocycles. The van der Waals surface area contributed by atoms with Crippen LogP contribution in [0.4, 0.5) is 0 Å². The molecule has 0 saturated carbocycles. The van der Waals surface area contributed by atoms with Crippen LogP contribution in [0.15, 0.2) is 42.7 Å². The first kappa shape index (κ1) is 13.6. The molecule has 3 aromatic rings. The molecule has 0 aliphatic carbocycles. The Morgan fingerprint density at radius 2 is 1.86 bits per heavy atom. The van der Waals surface area contributed by atoms with Gasteiger partial charge in [-0.15, -0.1) is 0 Å². The topological polar surface area (TPSA) is 52.8 Å². The lowest BCUT2D eigenvalue weighted by Crippen LogP contribution is -1.93. The van der Waals surface area contributed by atoms with E-state index in [9.17, 15) is 0 Å². The highest BCUT2D eigenvalue weighted by Gasteiger charge is 2.09. The van der Waals surface area contributed by atoms with Crippen LogP contribution in [0.2, 0.25) is 5.15 Å². The van der Waals surface area contributed by atoms with Gasteiger partial charge in [0.1, 0.15) is 10.9 Å². The van der Waals surface area contributed by atoms with Gasteiger partial charge in [-0.05, 0) is 24.3 Å². The predicted octanol–water partition coefficient (Wildman–Crippen LogP) is 3.21. The van der Waals surface area contributed by atoms with Crippen molar-refractivity contribution < 1.29 is 4.74 Å². The number of ether oxygens (including phenoxy) is 1. The quantitative estimate of drug-likeness (QED) is 0.697. The first-order valence-electron chi connectivity index (χ1n) is 6.34. The molecule has 0 spiro atoms. The largest absolute Gasteiger partial charge is 0.497 e. The van der Waals surface area contributed by atoms with Gasteiger partial charge in [-0.1, -0.05) is 11.6 Å². The summed E-state index contributed by atoms with van der Waals surface area (Å²) in [4.78, 5) is 8.83. The second-order valence-electron chi connectivity index (χ2n) is 4.53. The molecule has 0 atom stereocenters. The van der Waals surface area contributed by atoms with Gasteiger partial charge < -0.3 is 4.74 Å². The Morgan fingerprint density at radius 3 is 2.48 bits per heavy atom. The minimum absolute atomic E-state index is 0.398. The van der Waals surface area contributed by atoms with Crippen LogP contribution in [0.3, 0.4) is 0 Å². The third kappa shape index (κ3) is 2.87. The highest BCUT2D eigenvalue weighted by molar-refractivity contribution is 6.29. The molecule has 21 heavy (non-hydrogen) atoms. The van der Waals surface area contributed by atoms with Gasteiger partial charge in [-0.3, -0.25) is 4.68 Å². The molecule has 3 rings (SSSR count). The van der Waals surface area contributed by atoms with E-state index in [1.165, 1.54) is 0 Å². The van der Waals surface area contributed by atoms with Gasteiger partial charge in [0.15, 0.2) is 5.82 Å². The minimum atomic E-state index is 0.398. The normalized spacial score (nSPS) is 10.6. The standard InChI is InChI=1S/C15H13ClN4O/c1-20-9-11(8-17-20)13-7-14(16)19-15(18-13)10-3-5-12(21-2)6-4-10/h3-9H,1-2H3. The van der Waals surface area contributed by atoms with Crippen molar-refractivity contribution in [3.63, 3.8) is 0 Å². The Labute approximate surface area is 127 Å². The molecule has 2 heterocycles. The van der Waals surface area contributed by atoms with Crippen molar-refractivity contribution in [1.29, 1.82) is 0 Å². The van der Waals surface area contributed by atoms with Crippen LogP contribution in [-0.4, -0.2) is 26.9 Å². The number of hydrogen-bond donors (Lipinski definition) is 0. The molecule has 0 aliphatic rings. The number of halogens is 1. The van der Waals surface area contributed by atoms with Crippen molar-refractivity contribution >= 4 is 11.6 Å². The molecule has 0 bridgehead atoms. The Hall–Kier alpha value is -2.40. The van der Waals surface area contributed by atoms with E-state index in [1.54, 1.807) is 24.1 Å². The monoisotopic (exact) mass is 300 g/mol. The van der Waals surface area contributed by atoms with Crippen LogP contribution in [0.1, 0.15) is 0 Å². The van der Waals surface area contributed by atoms with Crippen LogP contribution in [-0.2, 0) is 7.05 Å². The van der Waals surface area contributed by atoms with Crippen LogP contribution < -0.4 is 4.74 Å². The van der Waals surface area contributed by atoms with Crippen LogP contribution in [0.25, 0.3) is 22.6 Å². The van der Waals surface area contributed by atoms with Gasteiger partial charge in [-0.2, -0.15) is 5.10 Å². The number of aromatic nitrogens is 4. The minimum Gasteiger partial charge on any atom is -0.497 e. The van der Waals surface area contributed by atoms with Crippen LogP contribution >= 0.6 is 11.6 Å². The van der Waals surface area contributed by atoms with Gasteiger partial charge >= 0.3 is 0 Å². The van der Waals surface area contributed by atoms with Gasteiger partial charge in [0.05, 0.1) is 19.0 Å². The third-order valence-electron chi connectivity index (χ3n) is 3.04. The SMILES string of the molecule is COc1ccc(-c2nc(Cl)cc(-c3cnn(C)c3)n2)cc1. The Kier molecular flexibility index (Phi) is 3.58. The smallest absolute Gasteiger partial charge is 0.161 e. The molecule has 0 aliphatic heterocycles. The highest BCUT2D eigenvalue weighted by atomic mass is 35.5. The maximum atomic E-state index is 6.11. The summed E-state index contributed by atoms with van der Waals surface area (Å²) < 4.78 is 6.87. The molecular weight excluding hydrogens is 288 g/mol. The fourth-order valence-electron chi connectivity index (χ4n) is 1.99. The second-order valence-corrected chi connectivity index (χ2v) is 4.92. The molecule has 0 N–H and O–H groups in total. The summed E-state index contributed by atoms with van der Waals surface area (Å²) in [5, 5.41) is 4.54. The van der Waals surface area contributed by atoms with Crippen molar-refractivity contribution in [3.05, 3.63) is 47.9 Å².